The van der Waals surface area contributed by atoms with E-state index in [0.29, 0.717) is 5.02 Å². The van der Waals surface area contributed by atoms with Crippen molar-refractivity contribution in [2.24, 2.45) is 0 Å². The van der Waals surface area contributed by atoms with Crippen molar-refractivity contribution in [3.05, 3.63) is 69.4 Å². The second-order valence-corrected chi connectivity index (χ2v) is 8.41. The van der Waals surface area contributed by atoms with Gasteiger partial charge in [-0.15, -0.1) is 10.2 Å². The SMILES string of the molecule is CC(c1nnc(SCc2ccccc2Br)n1-c1ccc(Cl)cc1)N(C)C. The van der Waals surface area contributed by atoms with Gasteiger partial charge in [0, 0.05) is 20.9 Å². The number of benzene rings is 2. The normalized spacial score (nSPS) is 12.5. The summed E-state index contributed by atoms with van der Waals surface area (Å²) in [7, 11) is 4.08. The van der Waals surface area contributed by atoms with Gasteiger partial charge >= 0.3 is 0 Å². The first-order valence-corrected chi connectivity index (χ1v) is 10.4. The first-order valence-electron chi connectivity index (χ1n) is 8.21. The minimum atomic E-state index is 0.135. The van der Waals surface area contributed by atoms with Crippen molar-refractivity contribution in [3.8, 4) is 5.69 Å². The summed E-state index contributed by atoms with van der Waals surface area (Å²) < 4.78 is 3.22. The molecule has 0 saturated heterocycles. The summed E-state index contributed by atoms with van der Waals surface area (Å²) in [6.45, 7) is 2.12. The molecule has 0 saturated carbocycles. The highest BCUT2D eigenvalue weighted by Crippen LogP contribution is 2.30. The third kappa shape index (κ3) is 4.31. The second kappa shape index (κ2) is 8.57. The highest BCUT2D eigenvalue weighted by Gasteiger charge is 2.21. The Bertz CT molecular complexity index is 880. The fraction of sp³-hybridized carbons (Fsp3) is 0.263. The molecule has 0 radical (unpaired) electrons. The molecule has 2 aromatic carbocycles. The molecule has 1 aromatic heterocycles. The summed E-state index contributed by atoms with van der Waals surface area (Å²) in [4.78, 5) is 2.12. The van der Waals surface area contributed by atoms with Gasteiger partial charge in [0.15, 0.2) is 11.0 Å². The van der Waals surface area contributed by atoms with Crippen LogP contribution in [0.5, 0.6) is 0 Å². The number of hydrogen-bond donors (Lipinski definition) is 0. The topological polar surface area (TPSA) is 34.0 Å². The summed E-state index contributed by atoms with van der Waals surface area (Å²) in [6.07, 6.45) is 0. The van der Waals surface area contributed by atoms with Crippen LogP contribution in [-0.4, -0.2) is 33.8 Å². The minimum Gasteiger partial charge on any atom is -0.300 e. The molecule has 3 aromatic rings. The number of hydrogen-bond acceptors (Lipinski definition) is 4. The lowest BCUT2D eigenvalue weighted by molar-refractivity contribution is 0.305. The van der Waals surface area contributed by atoms with Crippen molar-refractivity contribution in [3.63, 3.8) is 0 Å². The first-order chi connectivity index (χ1) is 12.5. The van der Waals surface area contributed by atoms with E-state index in [2.05, 4.69) is 54.7 Å². The molecule has 0 spiro atoms. The molecule has 26 heavy (non-hydrogen) atoms. The van der Waals surface area contributed by atoms with E-state index < -0.39 is 0 Å². The van der Waals surface area contributed by atoms with E-state index in [4.69, 9.17) is 11.6 Å². The van der Waals surface area contributed by atoms with Crippen LogP contribution in [-0.2, 0) is 5.75 Å². The molecule has 1 unspecified atom stereocenters. The van der Waals surface area contributed by atoms with Crippen LogP contribution >= 0.6 is 39.3 Å². The Morgan fingerprint density at radius 3 is 2.46 bits per heavy atom. The van der Waals surface area contributed by atoms with Crippen molar-refractivity contribution >= 4 is 39.3 Å². The average molecular weight is 452 g/mol. The van der Waals surface area contributed by atoms with Crippen molar-refractivity contribution in [1.29, 1.82) is 0 Å². The molecule has 0 bridgehead atoms. The van der Waals surface area contributed by atoms with Gasteiger partial charge in [0.2, 0.25) is 0 Å². The zero-order valence-electron chi connectivity index (χ0n) is 14.9. The van der Waals surface area contributed by atoms with Gasteiger partial charge in [0.05, 0.1) is 6.04 Å². The Morgan fingerprint density at radius 1 is 1.12 bits per heavy atom. The fourth-order valence-electron chi connectivity index (χ4n) is 2.47. The predicted octanol–water partition coefficient (Wildman–Crippen LogP) is 5.60. The van der Waals surface area contributed by atoms with E-state index in [1.807, 2.05) is 50.5 Å². The maximum Gasteiger partial charge on any atom is 0.196 e. The van der Waals surface area contributed by atoms with Gasteiger partial charge in [0.25, 0.3) is 0 Å². The smallest absolute Gasteiger partial charge is 0.196 e. The monoisotopic (exact) mass is 450 g/mol. The zero-order chi connectivity index (χ0) is 18.7. The molecule has 1 heterocycles. The van der Waals surface area contributed by atoms with Crippen molar-refractivity contribution < 1.29 is 0 Å². The number of thioether (sulfide) groups is 1. The lowest BCUT2D eigenvalue weighted by Crippen LogP contribution is -2.20. The van der Waals surface area contributed by atoms with Crippen LogP contribution in [0.15, 0.2) is 58.2 Å². The van der Waals surface area contributed by atoms with E-state index in [0.717, 1.165) is 26.9 Å². The summed E-state index contributed by atoms with van der Waals surface area (Å²) in [5.74, 6) is 1.72. The molecule has 0 aliphatic carbocycles. The van der Waals surface area contributed by atoms with Gasteiger partial charge in [-0.1, -0.05) is 57.5 Å². The number of halogens is 2. The lowest BCUT2D eigenvalue weighted by atomic mass is 10.2. The highest BCUT2D eigenvalue weighted by molar-refractivity contribution is 9.10. The molecular weight excluding hydrogens is 432 g/mol. The maximum absolute atomic E-state index is 6.07. The van der Waals surface area contributed by atoms with Crippen LogP contribution in [0.2, 0.25) is 5.02 Å². The molecule has 0 fully saturated rings. The Balaban J connectivity index is 1.97. The van der Waals surface area contributed by atoms with E-state index in [1.165, 1.54) is 5.56 Å². The van der Waals surface area contributed by atoms with E-state index in [1.54, 1.807) is 11.8 Å². The van der Waals surface area contributed by atoms with Crippen LogP contribution in [0, 0.1) is 0 Å². The number of nitrogens with zero attached hydrogens (tertiary/aromatic N) is 4. The molecular formula is C19H20BrClN4S. The predicted molar refractivity (Wildman–Crippen MR) is 112 cm³/mol. The van der Waals surface area contributed by atoms with Crippen LogP contribution in [0.1, 0.15) is 24.4 Å². The Morgan fingerprint density at radius 2 is 1.81 bits per heavy atom. The van der Waals surface area contributed by atoms with Crippen LogP contribution in [0.25, 0.3) is 5.69 Å². The molecule has 4 nitrogen and oxygen atoms in total. The maximum atomic E-state index is 6.07. The largest absolute Gasteiger partial charge is 0.300 e. The van der Waals surface area contributed by atoms with Gasteiger partial charge in [-0.2, -0.15) is 0 Å². The first kappa shape index (κ1) is 19.4. The molecule has 7 heteroatoms. The quantitative estimate of drug-likeness (QED) is 0.457. The molecule has 0 N–H and O–H groups in total. The van der Waals surface area contributed by atoms with Gasteiger partial charge in [-0.3, -0.25) is 9.47 Å². The van der Waals surface area contributed by atoms with Crippen molar-refractivity contribution in [2.75, 3.05) is 14.1 Å². The molecule has 136 valence electrons. The average Bonchev–Trinajstić information content (AvgIpc) is 3.04. The minimum absolute atomic E-state index is 0.135. The van der Waals surface area contributed by atoms with Crippen LogP contribution in [0.4, 0.5) is 0 Å². The Hall–Kier alpha value is -1.34. The van der Waals surface area contributed by atoms with E-state index in [-0.39, 0.29) is 6.04 Å². The van der Waals surface area contributed by atoms with E-state index >= 15 is 0 Å². The Kier molecular flexibility index (Phi) is 6.40. The molecule has 3 rings (SSSR count). The summed E-state index contributed by atoms with van der Waals surface area (Å²) in [5, 5.41) is 10.5. The van der Waals surface area contributed by atoms with E-state index in [9.17, 15) is 0 Å². The van der Waals surface area contributed by atoms with Crippen molar-refractivity contribution in [1.82, 2.24) is 19.7 Å². The van der Waals surface area contributed by atoms with Gasteiger partial charge in [-0.05, 0) is 56.9 Å². The molecule has 0 amide bonds. The molecule has 1 atom stereocenters. The second-order valence-electron chi connectivity index (χ2n) is 6.17. The highest BCUT2D eigenvalue weighted by atomic mass is 79.9. The number of rotatable bonds is 6. The fourth-order valence-corrected chi connectivity index (χ4v) is 4.17. The zero-order valence-corrected chi connectivity index (χ0v) is 18.0. The van der Waals surface area contributed by atoms with Crippen LogP contribution < -0.4 is 0 Å². The summed E-state index contributed by atoms with van der Waals surface area (Å²) in [5.41, 5.74) is 2.24. The van der Waals surface area contributed by atoms with Crippen molar-refractivity contribution in [2.45, 2.75) is 23.9 Å². The third-order valence-corrected chi connectivity index (χ3v) is 6.21. The van der Waals surface area contributed by atoms with Gasteiger partial charge in [-0.25, -0.2) is 0 Å². The Labute approximate surface area is 171 Å². The molecule has 0 aliphatic rings. The molecule has 0 aliphatic heterocycles. The standard InChI is InChI=1S/C19H20BrClN4S/c1-13(24(2)3)18-22-23-19(25(18)16-10-8-15(21)9-11-16)26-12-14-6-4-5-7-17(14)20/h4-11,13H,12H2,1-3H3. The lowest BCUT2D eigenvalue weighted by Gasteiger charge is -2.20. The van der Waals surface area contributed by atoms with Gasteiger partial charge in [0.1, 0.15) is 0 Å². The summed E-state index contributed by atoms with van der Waals surface area (Å²) in [6, 6.07) is 16.2. The third-order valence-electron chi connectivity index (χ3n) is 4.21. The van der Waals surface area contributed by atoms with Gasteiger partial charge < -0.3 is 0 Å². The number of aromatic nitrogens is 3. The van der Waals surface area contributed by atoms with Crippen LogP contribution in [0.3, 0.4) is 0 Å². The summed E-state index contributed by atoms with van der Waals surface area (Å²) >= 11 is 11.3.